The third kappa shape index (κ3) is 31.0. The first-order valence-corrected chi connectivity index (χ1v) is 16.2. The number of carbonyl (C=O) groups excluding carboxylic acids is 12. The molecule has 3 aliphatic rings. The molecular formula is C30H45N6Na3O24. The van der Waals surface area contributed by atoms with E-state index in [4.69, 9.17) is 0 Å². The molecule has 30 nitrogen and oxygen atoms in total. The molecule has 9 N–H and O–H groups in total. The molecule has 63 heavy (non-hydrogen) atoms. The zero-order valence-corrected chi connectivity index (χ0v) is 41.0. The molecule has 3 rings (SSSR count). The van der Waals surface area contributed by atoms with Crippen molar-refractivity contribution in [2.75, 3.05) is 118 Å². The SMILES string of the molecule is N.N.N.O=C([O-])C[N+]1(CC(=O)[O-])CC(=O)OCCOC(=O)C1.O=C([O-])C[N+]1(CC(=O)[O-])CC(=O)OCCOC(=O)C1.O=C([O-])C[N+]1(CC(=O)[O-])CC(=O)OCCOC(=O)C1.[Na+].[Na+].[Na+]. The monoisotopic (exact) mass is 942 g/mol. The molecule has 0 aromatic rings. The summed E-state index contributed by atoms with van der Waals surface area (Å²) in [4.78, 5) is 133. The zero-order valence-electron chi connectivity index (χ0n) is 35.0. The van der Waals surface area contributed by atoms with Gasteiger partial charge in [-0.25, -0.2) is 28.8 Å². The summed E-state index contributed by atoms with van der Waals surface area (Å²) < 4.78 is 25.4. The van der Waals surface area contributed by atoms with Crippen molar-refractivity contribution in [3.05, 3.63) is 0 Å². The molecule has 0 bridgehead atoms. The minimum atomic E-state index is -1.60. The van der Waals surface area contributed by atoms with Crippen LogP contribution in [0.1, 0.15) is 0 Å². The molecular weight excluding hydrogens is 897 g/mol. The molecule has 0 saturated carbocycles. The Bertz CT molecular complexity index is 1310. The molecule has 0 unspecified atom stereocenters. The molecule has 33 heteroatoms. The number of esters is 6. The van der Waals surface area contributed by atoms with Gasteiger partial charge in [-0.3, -0.25) is 13.4 Å². The van der Waals surface area contributed by atoms with E-state index in [1.165, 1.54) is 0 Å². The minimum absolute atomic E-state index is 0. The molecule has 342 valence electrons. The molecule has 3 fully saturated rings. The fourth-order valence-electron chi connectivity index (χ4n) is 5.50. The van der Waals surface area contributed by atoms with Gasteiger partial charge < -0.3 is 106 Å². The van der Waals surface area contributed by atoms with E-state index >= 15 is 0 Å². The van der Waals surface area contributed by atoms with Gasteiger partial charge in [0.2, 0.25) is 0 Å². The average Bonchev–Trinajstić information content (AvgIpc) is 3.15. The maximum atomic E-state index is 11.4. The van der Waals surface area contributed by atoms with Crippen LogP contribution in [0.4, 0.5) is 0 Å². The summed E-state index contributed by atoms with van der Waals surface area (Å²) in [6.07, 6.45) is 0. The van der Waals surface area contributed by atoms with E-state index in [-0.39, 0.29) is 147 Å². The summed E-state index contributed by atoms with van der Waals surface area (Å²) in [6.45, 7) is -9.52. The molecule has 3 aliphatic heterocycles. The Hall–Kier alpha value is -3.60. The molecule has 0 aromatic heterocycles. The van der Waals surface area contributed by atoms with Crippen molar-refractivity contribution in [1.29, 1.82) is 0 Å². The first-order valence-electron chi connectivity index (χ1n) is 16.2. The Morgan fingerprint density at radius 3 is 0.524 bits per heavy atom. The van der Waals surface area contributed by atoms with E-state index in [2.05, 4.69) is 28.4 Å². The molecule has 0 amide bonds. The van der Waals surface area contributed by atoms with Crippen molar-refractivity contribution >= 4 is 71.6 Å². The van der Waals surface area contributed by atoms with E-state index in [1.807, 2.05) is 0 Å². The number of carboxylic acids is 6. The van der Waals surface area contributed by atoms with E-state index in [0.717, 1.165) is 0 Å². The Labute approximate surface area is 423 Å². The molecule has 0 aromatic carbocycles. The van der Waals surface area contributed by atoms with Gasteiger partial charge in [-0.2, -0.15) is 0 Å². The predicted octanol–water partition coefficient (Wildman–Crippen LogP) is -22.3. The molecule has 3 heterocycles. The quantitative estimate of drug-likeness (QED) is 0.0708. The van der Waals surface area contributed by atoms with Gasteiger partial charge >= 0.3 is 124 Å². The maximum Gasteiger partial charge on any atom is 1.00 e. The van der Waals surface area contributed by atoms with Crippen LogP contribution in [0.2, 0.25) is 0 Å². The number of carboxylic acid groups (broad SMARTS) is 6. The molecule has 3 saturated heterocycles. The maximum absolute atomic E-state index is 11.4. The molecule has 0 spiro atoms. The van der Waals surface area contributed by atoms with Crippen LogP contribution in [0.15, 0.2) is 0 Å². The molecule has 0 atom stereocenters. The van der Waals surface area contributed by atoms with Gasteiger partial charge in [0.15, 0.2) is 39.3 Å². The summed E-state index contributed by atoms with van der Waals surface area (Å²) in [5, 5.41) is 64.2. The minimum Gasteiger partial charge on any atom is -0.544 e. The standard InChI is InChI=1S/3C10H13NO8.3H3N.3Na/c3*12-7(13)3-11(4-8(14)15)5-9(16)18-1-2-19-10(17)6-11;;;;;;/h3*1-6H2,(H-,12,13,14,15);3*1H3;;;/q;;;;;;3*+1/p-3. The Kier molecular flexibility index (Phi) is 39.2. The van der Waals surface area contributed by atoms with Gasteiger partial charge in [0.25, 0.3) is 0 Å². The number of carbonyl (C=O) groups is 12. The number of cyclic esters (lactones) is 6. The van der Waals surface area contributed by atoms with Crippen LogP contribution in [-0.4, -0.2) is 203 Å². The van der Waals surface area contributed by atoms with Crippen molar-refractivity contribution in [3.8, 4) is 0 Å². The second-order valence-corrected chi connectivity index (χ2v) is 12.5. The van der Waals surface area contributed by atoms with E-state index < -0.39 is 164 Å². The van der Waals surface area contributed by atoms with Gasteiger partial charge in [0, 0.05) is 0 Å². The number of hydrogen-bond donors (Lipinski definition) is 3. The van der Waals surface area contributed by atoms with Crippen LogP contribution in [0, 0.1) is 0 Å². The number of nitrogens with zero attached hydrogens (tertiary/aromatic N) is 3. The normalized spacial score (nSPS) is 17.5. The van der Waals surface area contributed by atoms with Crippen LogP contribution < -0.4 is 138 Å². The van der Waals surface area contributed by atoms with Crippen molar-refractivity contribution in [3.63, 3.8) is 0 Å². The summed E-state index contributed by atoms with van der Waals surface area (Å²) in [6, 6.07) is 0. The third-order valence-corrected chi connectivity index (χ3v) is 7.40. The smallest absolute Gasteiger partial charge is 0.544 e. The number of hydrogen-bond acceptors (Lipinski definition) is 27. The zero-order chi connectivity index (χ0) is 43.4. The molecule has 0 radical (unpaired) electrons. The third-order valence-electron chi connectivity index (χ3n) is 7.40. The average molecular weight is 943 g/mol. The van der Waals surface area contributed by atoms with Crippen LogP contribution in [0.5, 0.6) is 0 Å². The largest absolute Gasteiger partial charge is 1.00 e. The van der Waals surface area contributed by atoms with Gasteiger partial charge in [0.05, 0.1) is 35.8 Å². The van der Waals surface area contributed by atoms with Crippen LogP contribution in [-0.2, 0) is 86.0 Å². The Morgan fingerprint density at radius 1 is 0.317 bits per heavy atom. The number of rotatable bonds is 12. The number of quaternary nitrogens is 3. The number of ether oxygens (including phenoxy) is 6. The molecule has 0 aliphatic carbocycles. The summed E-state index contributed by atoms with van der Waals surface area (Å²) in [7, 11) is 0. The van der Waals surface area contributed by atoms with Crippen LogP contribution in [0.25, 0.3) is 0 Å². The summed E-state index contributed by atoms with van der Waals surface area (Å²) in [5.41, 5.74) is 0. The summed E-state index contributed by atoms with van der Waals surface area (Å²) >= 11 is 0. The van der Waals surface area contributed by atoms with Crippen LogP contribution in [0.3, 0.4) is 0 Å². The topological polar surface area (TPSA) is 504 Å². The van der Waals surface area contributed by atoms with E-state index in [9.17, 15) is 88.2 Å². The fourth-order valence-corrected chi connectivity index (χ4v) is 5.50. The van der Waals surface area contributed by atoms with E-state index in [0.29, 0.717) is 0 Å². The second kappa shape index (κ2) is 34.8. The van der Waals surface area contributed by atoms with Crippen molar-refractivity contribution < 1.29 is 219 Å². The predicted molar refractivity (Wildman–Crippen MR) is 170 cm³/mol. The number of aliphatic carboxylic acids is 6. The van der Waals surface area contributed by atoms with Crippen molar-refractivity contribution in [2.24, 2.45) is 0 Å². The van der Waals surface area contributed by atoms with Gasteiger partial charge in [0.1, 0.15) is 78.9 Å². The summed E-state index contributed by atoms with van der Waals surface area (Å²) in [5.74, 6) is -14.5. The van der Waals surface area contributed by atoms with E-state index in [1.54, 1.807) is 0 Å². The van der Waals surface area contributed by atoms with Gasteiger partial charge in [-0.15, -0.1) is 0 Å². The van der Waals surface area contributed by atoms with Gasteiger partial charge in [-0.1, -0.05) is 0 Å². The Balaban J connectivity index is -0.000000185. The second-order valence-electron chi connectivity index (χ2n) is 12.5. The first kappa shape index (κ1) is 71.0. The van der Waals surface area contributed by atoms with Crippen molar-refractivity contribution in [1.82, 2.24) is 18.5 Å². The first-order chi connectivity index (χ1) is 26.5. The van der Waals surface area contributed by atoms with Crippen LogP contribution >= 0.6 is 0 Å². The van der Waals surface area contributed by atoms with Crippen molar-refractivity contribution in [2.45, 2.75) is 0 Å². The fraction of sp³-hybridized carbons (Fsp3) is 0.600. The van der Waals surface area contributed by atoms with Gasteiger partial charge in [-0.05, 0) is 0 Å². The Morgan fingerprint density at radius 2 is 0.429 bits per heavy atom.